The first-order chi connectivity index (χ1) is 16.1. The van der Waals surface area contributed by atoms with Crippen molar-refractivity contribution in [1.29, 1.82) is 0 Å². The van der Waals surface area contributed by atoms with Crippen LogP contribution in [-0.4, -0.2) is 42.4 Å². The Morgan fingerprint density at radius 1 is 1.34 bits per heavy atom. The van der Waals surface area contributed by atoms with E-state index in [0.717, 1.165) is 10.7 Å². The molecule has 2 heterocycles. The molecule has 1 unspecified atom stereocenters. The van der Waals surface area contributed by atoms with Crippen LogP contribution >= 0.6 is 23.4 Å². The van der Waals surface area contributed by atoms with Crippen LogP contribution in [-0.2, 0) is 31.1 Å². The Labute approximate surface area is 213 Å². The summed E-state index contributed by atoms with van der Waals surface area (Å²) < 4.78 is 51.2. The molecule has 192 valence electrons. The number of halogens is 1. The van der Waals surface area contributed by atoms with E-state index in [1.807, 2.05) is 20.8 Å². The Bertz CT molecular complexity index is 1360. The second-order valence-electron chi connectivity index (χ2n) is 9.30. The van der Waals surface area contributed by atoms with E-state index in [2.05, 4.69) is 37.3 Å². The second-order valence-corrected chi connectivity index (χ2v) is 14.3. The first kappa shape index (κ1) is 27.3. The summed E-state index contributed by atoms with van der Waals surface area (Å²) in [6, 6.07) is 4.40. The smallest absolute Gasteiger partial charge is 0.348 e. The standard InChI is InChI=1S/C22H30BrN4O6PS/c1-13(23)8-7-11-27-19(22(2,3)4)18(28)17(21(27)29)20-24-15-10-9-14(26-35(6,31)32)12-16(15)34(30,25-20)33-5/h9-10,12,26,28-29H,1,7-8,11H2,2-6H3,(H,24,25,30). The molecule has 0 saturated heterocycles. The van der Waals surface area contributed by atoms with Gasteiger partial charge in [-0.05, 0) is 35.5 Å². The minimum Gasteiger partial charge on any atom is -0.505 e. The highest BCUT2D eigenvalue weighted by Crippen LogP contribution is 2.53. The zero-order chi connectivity index (χ0) is 26.3. The van der Waals surface area contributed by atoms with E-state index in [-0.39, 0.29) is 34.0 Å². The van der Waals surface area contributed by atoms with Gasteiger partial charge in [0.1, 0.15) is 5.56 Å². The van der Waals surface area contributed by atoms with Gasteiger partial charge in [-0.15, -0.1) is 0 Å². The molecule has 13 heteroatoms. The van der Waals surface area contributed by atoms with E-state index in [4.69, 9.17) is 4.52 Å². The van der Waals surface area contributed by atoms with Gasteiger partial charge >= 0.3 is 7.52 Å². The fourth-order valence-electron chi connectivity index (χ4n) is 3.96. The maximum atomic E-state index is 13.7. The van der Waals surface area contributed by atoms with Crippen molar-refractivity contribution >= 4 is 56.0 Å². The monoisotopic (exact) mass is 588 g/mol. The third-order valence-corrected chi connectivity index (χ3v) is 8.26. The number of fused-ring (bicyclic) bond motifs is 1. The number of benzene rings is 1. The van der Waals surface area contributed by atoms with Gasteiger partial charge in [0, 0.05) is 24.8 Å². The molecule has 0 spiro atoms. The minimum absolute atomic E-state index is 0.00820. The van der Waals surface area contributed by atoms with Gasteiger partial charge in [-0.25, -0.2) is 8.42 Å². The number of hydrogen-bond donors (Lipinski definition) is 4. The molecule has 2 aromatic rings. The quantitative estimate of drug-likeness (QED) is 0.330. The molecule has 1 aliphatic heterocycles. The summed E-state index contributed by atoms with van der Waals surface area (Å²) in [5, 5.41) is 25.6. The number of anilines is 2. The van der Waals surface area contributed by atoms with Crippen molar-refractivity contribution < 1.29 is 27.7 Å². The maximum absolute atomic E-state index is 13.7. The molecule has 35 heavy (non-hydrogen) atoms. The van der Waals surface area contributed by atoms with Crippen LogP contribution < -0.4 is 15.3 Å². The molecular formula is C22H30BrN4O6PS. The topological polar surface area (TPSA) is 142 Å². The van der Waals surface area contributed by atoms with Gasteiger partial charge in [0.25, 0.3) is 0 Å². The van der Waals surface area contributed by atoms with Crippen molar-refractivity contribution in [3.63, 3.8) is 0 Å². The average Bonchev–Trinajstić information content (AvgIpc) is 2.96. The first-order valence-electron chi connectivity index (χ1n) is 10.7. The maximum Gasteiger partial charge on any atom is 0.348 e. The third kappa shape index (κ3) is 5.77. The molecule has 0 amide bonds. The highest BCUT2D eigenvalue weighted by atomic mass is 79.9. The van der Waals surface area contributed by atoms with Gasteiger partial charge in [0.05, 0.1) is 22.9 Å². The van der Waals surface area contributed by atoms with Crippen LogP contribution in [0.5, 0.6) is 11.6 Å². The molecule has 0 saturated carbocycles. The van der Waals surface area contributed by atoms with E-state index in [9.17, 15) is 23.2 Å². The molecular weight excluding hydrogens is 559 g/mol. The highest BCUT2D eigenvalue weighted by molar-refractivity contribution is 9.11. The van der Waals surface area contributed by atoms with Crippen LogP contribution in [0.3, 0.4) is 0 Å². The third-order valence-electron chi connectivity index (χ3n) is 5.32. The van der Waals surface area contributed by atoms with Crippen molar-refractivity contribution in [2.24, 2.45) is 4.76 Å². The molecule has 1 atom stereocenters. The molecule has 3 rings (SSSR count). The number of sulfonamides is 1. The zero-order valence-corrected chi connectivity index (χ0v) is 23.5. The summed E-state index contributed by atoms with van der Waals surface area (Å²) in [7, 11) is -6.20. The highest BCUT2D eigenvalue weighted by Gasteiger charge is 2.38. The summed E-state index contributed by atoms with van der Waals surface area (Å²) in [5.41, 5.74) is 0.521. The molecule has 1 aromatic heterocycles. The van der Waals surface area contributed by atoms with Gasteiger partial charge in [-0.3, -0.25) is 9.29 Å². The minimum atomic E-state index is -3.88. The number of aromatic hydroxyl groups is 2. The Hall–Kier alpha value is -2.27. The molecule has 4 N–H and O–H groups in total. The fourth-order valence-corrected chi connectivity index (χ4v) is 6.33. The lowest BCUT2D eigenvalue weighted by molar-refractivity contribution is 0.388. The number of hydrogen-bond acceptors (Lipinski definition) is 7. The lowest BCUT2D eigenvalue weighted by Crippen LogP contribution is -2.26. The van der Waals surface area contributed by atoms with Crippen LogP contribution in [0.1, 0.15) is 44.9 Å². The molecule has 0 radical (unpaired) electrons. The number of rotatable bonds is 8. The number of allylic oxidation sites excluding steroid dienone is 1. The van der Waals surface area contributed by atoms with Gasteiger partial charge in [-0.1, -0.05) is 43.3 Å². The van der Waals surface area contributed by atoms with Gasteiger partial charge in [-0.2, -0.15) is 4.76 Å². The molecule has 0 aliphatic carbocycles. The normalized spacial score (nSPS) is 17.9. The van der Waals surface area contributed by atoms with Crippen LogP contribution in [0.4, 0.5) is 11.4 Å². The first-order valence-corrected chi connectivity index (χ1v) is 15.0. The largest absolute Gasteiger partial charge is 0.505 e. The van der Waals surface area contributed by atoms with Crippen LogP contribution in [0.2, 0.25) is 0 Å². The molecule has 10 nitrogen and oxygen atoms in total. The van der Waals surface area contributed by atoms with E-state index >= 15 is 0 Å². The number of aromatic nitrogens is 1. The molecule has 1 aromatic carbocycles. The number of nitrogens with one attached hydrogen (secondary N) is 2. The lowest BCUT2D eigenvalue weighted by atomic mass is 9.91. The van der Waals surface area contributed by atoms with E-state index < -0.39 is 23.0 Å². The Kier molecular flexibility index (Phi) is 7.53. The van der Waals surface area contributed by atoms with Crippen molar-refractivity contribution in [2.75, 3.05) is 23.4 Å². The fraction of sp³-hybridized carbons (Fsp3) is 0.409. The van der Waals surface area contributed by atoms with Crippen LogP contribution in [0.25, 0.3) is 0 Å². The Morgan fingerprint density at radius 2 is 2.00 bits per heavy atom. The van der Waals surface area contributed by atoms with E-state index in [1.165, 1.54) is 25.3 Å². The van der Waals surface area contributed by atoms with Gasteiger partial charge in [0.2, 0.25) is 15.9 Å². The van der Waals surface area contributed by atoms with Crippen molar-refractivity contribution in [3.8, 4) is 11.6 Å². The van der Waals surface area contributed by atoms with Crippen LogP contribution in [0, 0.1) is 0 Å². The summed E-state index contributed by atoms with van der Waals surface area (Å²) in [6.07, 6.45) is 2.34. The van der Waals surface area contributed by atoms with Crippen molar-refractivity contribution in [3.05, 3.63) is 40.5 Å². The van der Waals surface area contributed by atoms with E-state index in [0.29, 0.717) is 30.8 Å². The van der Waals surface area contributed by atoms with E-state index in [1.54, 1.807) is 4.57 Å². The van der Waals surface area contributed by atoms with Crippen LogP contribution in [0.15, 0.2) is 34.0 Å². The number of nitrogens with zero attached hydrogens (tertiary/aromatic N) is 2. The van der Waals surface area contributed by atoms with Gasteiger partial charge < -0.3 is 24.6 Å². The molecule has 0 fully saturated rings. The summed E-state index contributed by atoms with van der Waals surface area (Å²) in [4.78, 5) is 0. The SMILES string of the molecule is C=C(Br)CCCn1c(O)c(C2=NP(=O)(OC)c3cc(NS(C)(=O)=O)ccc3N2)c(O)c1C(C)(C)C. The molecule has 1 aliphatic rings. The average molecular weight is 589 g/mol. The zero-order valence-electron chi connectivity index (χ0n) is 20.2. The lowest BCUT2D eigenvalue weighted by Gasteiger charge is -2.24. The second kappa shape index (κ2) is 9.65. The molecule has 0 bridgehead atoms. The van der Waals surface area contributed by atoms with Crippen molar-refractivity contribution in [1.82, 2.24) is 4.57 Å². The predicted molar refractivity (Wildman–Crippen MR) is 143 cm³/mol. The van der Waals surface area contributed by atoms with Gasteiger partial charge in [0.15, 0.2) is 11.6 Å². The summed E-state index contributed by atoms with van der Waals surface area (Å²) in [6.45, 7) is 9.97. The summed E-state index contributed by atoms with van der Waals surface area (Å²) in [5.74, 6) is -0.420. The summed E-state index contributed by atoms with van der Waals surface area (Å²) >= 11 is 3.34. The number of amidine groups is 1. The predicted octanol–water partition coefficient (Wildman–Crippen LogP) is 4.59. The Balaban J connectivity index is 2.14. The Morgan fingerprint density at radius 3 is 2.54 bits per heavy atom. The van der Waals surface area contributed by atoms with Crippen molar-refractivity contribution in [2.45, 2.75) is 45.6 Å².